The van der Waals surface area contributed by atoms with Gasteiger partial charge in [0.15, 0.2) is 0 Å². The van der Waals surface area contributed by atoms with Crippen LogP contribution in [0.4, 0.5) is 0 Å². The maximum atomic E-state index is 6.30. The fraction of sp³-hybridized carbons (Fsp3) is 0.643. The molecule has 5 heteroatoms. The zero-order valence-corrected chi connectivity index (χ0v) is 11.7. The Morgan fingerprint density at radius 1 is 1.58 bits per heavy atom. The third kappa shape index (κ3) is 2.92. The van der Waals surface area contributed by atoms with Crippen LogP contribution in [-0.2, 0) is 11.2 Å². The van der Waals surface area contributed by atoms with E-state index in [4.69, 9.17) is 22.1 Å². The van der Waals surface area contributed by atoms with E-state index in [1.807, 2.05) is 6.07 Å². The molecule has 0 bridgehead atoms. The lowest BCUT2D eigenvalue weighted by atomic mass is 10.0. The number of rotatable bonds is 3. The predicted molar refractivity (Wildman–Crippen MR) is 75.3 cm³/mol. The first-order valence-electron chi connectivity index (χ1n) is 6.93. The summed E-state index contributed by atoms with van der Waals surface area (Å²) in [7, 11) is 0. The lowest BCUT2D eigenvalue weighted by Gasteiger charge is -2.37. The van der Waals surface area contributed by atoms with Crippen molar-refractivity contribution in [3.05, 3.63) is 29.0 Å². The van der Waals surface area contributed by atoms with E-state index in [0.717, 1.165) is 25.1 Å². The van der Waals surface area contributed by atoms with Gasteiger partial charge in [-0.2, -0.15) is 0 Å². The second-order valence-corrected chi connectivity index (χ2v) is 5.91. The highest BCUT2D eigenvalue weighted by Crippen LogP contribution is 2.25. The molecule has 2 N–H and O–H groups in total. The van der Waals surface area contributed by atoms with Gasteiger partial charge in [-0.3, -0.25) is 9.88 Å². The standard InChI is InChI=1S/C14H20ClN3O/c15-12-7-17-4-3-10(12)6-13(16)14-8-18-5-1-2-11(18)9-19-14/h3-4,7,11,13-14H,1-2,5-6,8-9,16H2. The van der Waals surface area contributed by atoms with Gasteiger partial charge >= 0.3 is 0 Å². The topological polar surface area (TPSA) is 51.4 Å². The minimum atomic E-state index is -0.0125. The molecule has 104 valence electrons. The number of aromatic nitrogens is 1. The van der Waals surface area contributed by atoms with E-state index < -0.39 is 0 Å². The van der Waals surface area contributed by atoms with Crippen LogP contribution in [0.5, 0.6) is 0 Å². The normalized spacial score (nSPS) is 29.2. The fourth-order valence-electron chi connectivity index (χ4n) is 3.06. The van der Waals surface area contributed by atoms with Crippen molar-refractivity contribution in [1.82, 2.24) is 9.88 Å². The number of pyridine rings is 1. The smallest absolute Gasteiger partial charge is 0.0856 e. The molecule has 2 aliphatic heterocycles. The highest BCUT2D eigenvalue weighted by molar-refractivity contribution is 6.31. The number of halogens is 1. The van der Waals surface area contributed by atoms with Gasteiger partial charge in [-0.1, -0.05) is 11.6 Å². The molecule has 0 aromatic carbocycles. The molecule has 4 nitrogen and oxygen atoms in total. The number of hydrogen-bond donors (Lipinski definition) is 1. The van der Waals surface area contributed by atoms with Gasteiger partial charge in [-0.15, -0.1) is 0 Å². The Hall–Kier alpha value is -0.680. The molecule has 19 heavy (non-hydrogen) atoms. The van der Waals surface area contributed by atoms with Crippen molar-refractivity contribution in [3.8, 4) is 0 Å². The minimum absolute atomic E-state index is 0.0125. The Kier molecular flexibility index (Phi) is 4.03. The van der Waals surface area contributed by atoms with E-state index in [-0.39, 0.29) is 12.1 Å². The highest BCUT2D eigenvalue weighted by atomic mass is 35.5. The minimum Gasteiger partial charge on any atom is -0.374 e. The van der Waals surface area contributed by atoms with E-state index in [1.54, 1.807) is 12.4 Å². The molecule has 3 unspecified atom stereocenters. The van der Waals surface area contributed by atoms with Crippen molar-refractivity contribution in [2.45, 2.75) is 37.5 Å². The average molecular weight is 282 g/mol. The summed E-state index contributed by atoms with van der Waals surface area (Å²) in [5.41, 5.74) is 7.35. The average Bonchev–Trinajstić information content (AvgIpc) is 2.88. The number of hydrogen-bond acceptors (Lipinski definition) is 4. The monoisotopic (exact) mass is 281 g/mol. The lowest BCUT2D eigenvalue weighted by molar-refractivity contribution is -0.0589. The summed E-state index contributed by atoms with van der Waals surface area (Å²) in [4.78, 5) is 6.51. The Labute approximate surface area is 118 Å². The zero-order chi connectivity index (χ0) is 13.2. The molecule has 2 fully saturated rings. The van der Waals surface area contributed by atoms with Gasteiger partial charge in [0.1, 0.15) is 0 Å². The molecule has 2 saturated heterocycles. The Morgan fingerprint density at radius 3 is 3.32 bits per heavy atom. The van der Waals surface area contributed by atoms with Crippen LogP contribution >= 0.6 is 11.6 Å². The molecular weight excluding hydrogens is 262 g/mol. The SMILES string of the molecule is NC(Cc1ccncc1Cl)C1CN2CCCC2CO1. The van der Waals surface area contributed by atoms with Crippen molar-refractivity contribution < 1.29 is 4.74 Å². The predicted octanol–water partition coefficient (Wildman–Crippen LogP) is 1.47. The number of fused-ring (bicyclic) bond motifs is 1. The second kappa shape index (κ2) is 5.75. The third-order valence-electron chi connectivity index (χ3n) is 4.21. The van der Waals surface area contributed by atoms with E-state index in [0.29, 0.717) is 11.1 Å². The summed E-state index contributed by atoms with van der Waals surface area (Å²) in [6.45, 7) is 2.96. The van der Waals surface area contributed by atoms with Crippen LogP contribution in [0.25, 0.3) is 0 Å². The summed E-state index contributed by atoms with van der Waals surface area (Å²) in [6, 6.07) is 2.54. The third-order valence-corrected chi connectivity index (χ3v) is 4.55. The Balaban J connectivity index is 1.61. The first-order chi connectivity index (χ1) is 9.24. The van der Waals surface area contributed by atoms with Crippen LogP contribution in [0.1, 0.15) is 18.4 Å². The maximum Gasteiger partial charge on any atom is 0.0856 e. The van der Waals surface area contributed by atoms with Crippen LogP contribution in [0.15, 0.2) is 18.5 Å². The molecule has 3 heterocycles. The lowest BCUT2D eigenvalue weighted by Crippen LogP contribution is -2.53. The molecule has 2 aliphatic rings. The number of nitrogens with two attached hydrogens (primary N) is 1. The zero-order valence-electron chi connectivity index (χ0n) is 11.0. The largest absolute Gasteiger partial charge is 0.374 e. The van der Waals surface area contributed by atoms with E-state index in [9.17, 15) is 0 Å². The second-order valence-electron chi connectivity index (χ2n) is 5.50. The fourth-order valence-corrected chi connectivity index (χ4v) is 3.25. The van der Waals surface area contributed by atoms with Crippen LogP contribution in [0.3, 0.4) is 0 Å². The van der Waals surface area contributed by atoms with Gasteiger partial charge in [0.05, 0.1) is 17.7 Å². The summed E-state index contributed by atoms with van der Waals surface area (Å²) in [5, 5.41) is 0.688. The van der Waals surface area contributed by atoms with Crippen LogP contribution in [0.2, 0.25) is 5.02 Å². The quantitative estimate of drug-likeness (QED) is 0.912. The number of morpholine rings is 1. The van der Waals surface area contributed by atoms with E-state index >= 15 is 0 Å². The first-order valence-corrected chi connectivity index (χ1v) is 7.31. The van der Waals surface area contributed by atoms with E-state index in [2.05, 4.69) is 9.88 Å². The van der Waals surface area contributed by atoms with Gasteiger partial charge in [-0.05, 0) is 37.4 Å². The van der Waals surface area contributed by atoms with Crippen LogP contribution < -0.4 is 5.73 Å². The van der Waals surface area contributed by atoms with Gasteiger partial charge in [0.25, 0.3) is 0 Å². The van der Waals surface area contributed by atoms with Crippen LogP contribution in [0, 0.1) is 0 Å². The number of nitrogens with zero attached hydrogens (tertiary/aromatic N) is 2. The van der Waals surface area contributed by atoms with E-state index in [1.165, 1.54) is 19.4 Å². The van der Waals surface area contributed by atoms with Crippen molar-refractivity contribution in [2.75, 3.05) is 19.7 Å². The molecule has 1 aromatic rings. The first kappa shape index (κ1) is 13.3. The van der Waals surface area contributed by atoms with Crippen molar-refractivity contribution in [1.29, 1.82) is 0 Å². The molecular formula is C14H20ClN3O. The van der Waals surface area contributed by atoms with Crippen molar-refractivity contribution >= 4 is 11.6 Å². The molecule has 0 spiro atoms. The summed E-state index contributed by atoms with van der Waals surface area (Å²) in [5.74, 6) is 0. The molecule has 1 aromatic heterocycles. The van der Waals surface area contributed by atoms with Crippen molar-refractivity contribution in [2.24, 2.45) is 5.73 Å². The van der Waals surface area contributed by atoms with Crippen LogP contribution in [-0.4, -0.2) is 47.8 Å². The molecule has 0 amide bonds. The number of ether oxygens (including phenoxy) is 1. The van der Waals surface area contributed by atoms with Gasteiger partial charge in [-0.25, -0.2) is 0 Å². The van der Waals surface area contributed by atoms with Gasteiger partial charge < -0.3 is 10.5 Å². The van der Waals surface area contributed by atoms with Crippen molar-refractivity contribution in [3.63, 3.8) is 0 Å². The molecule has 0 aliphatic carbocycles. The molecule has 0 saturated carbocycles. The molecule has 0 radical (unpaired) electrons. The maximum absolute atomic E-state index is 6.30. The molecule has 3 rings (SSSR count). The highest BCUT2D eigenvalue weighted by Gasteiger charge is 2.34. The molecule has 3 atom stereocenters. The Bertz CT molecular complexity index is 442. The Morgan fingerprint density at radius 2 is 2.47 bits per heavy atom. The summed E-state index contributed by atoms with van der Waals surface area (Å²) < 4.78 is 5.94. The summed E-state index contributed by atoms with van der Waals surface area (Å²) in [6.07, 6.45) is 6.82. The van der Waals surface area contributed by atoms with Gasteiger partial charge in [0, 0.05) is 31.0 Å². The summed E-state index contributed by atoms with van der Waals surface area (Å²) >= 11 is 6.13. The van der Waals surface area contributed by atoms with Gasteiger partial charge in [0.2, 0.25) is 0 Å².